The van der Waals surface area contributed by atoms with Crippen LogP contribution >= 0.6 is 0 Å². The zero-order chi connectivity index (χ0) is 19.8. The van der Waals surface area contributed by atoms with Crippen molar-refractivity contribution in [2.75, 3.05) is 0 Å². The van der Waals surface area contributed by atoms with E-state index in [0.717, 1.165) is 22.3 Å². The predicted molar refractivity (Wildman–Crippen MR) is 112 cm³/mol. The number of nitrogens with one attached hydrogen (secondary N) is 1. The van der Waals surface area contributed by atoms with Gasteiger partial charge >= 0.3 is 6.03 Å². The summed E-state index contributed by atoms with van der Waals surface area (Å²) in [5, 5.41) is 2.85. The number of carbonyl (C=O) groups is 1. The van der Waals surface area contributed by atoms with E-state index in [-0.39, 0.29) is 6.10 Å². The number of aliphatic imine (C=N–C) groups is 1. The quantitative estimate of drug-likeness (QED) is 0.480. The van der Waals surface area contributed by atoms with Crippen LogP contribution in [0.15, 0.2) is 89.9 Å². The molecule has 3 rings (SSSR count). The molecule has 0 bridgehead atoms. The van der Waals surface area contributed by atoms with Crippen molar-refractivity contribution >= 4 is 11.9 Å². The monoisotopic (exact) mass is 372 g/mol. The van der Waals surface area contributed by atoms with Crippen molar-refractivity contribution in [3.8, 4) is 0 Å². The lowest BCUT2D eigenvalue weighted by molar-refractivity contribution is 0.211. The number of hydrogen-bond donors (Lipinski definition) is 1. The van der Waals surface area contributed by atoms with Crippen molar-refractivity contribution in [2.24, 2.45) is 4.99 Å². The van der Waals surface area contributed by atoms with Crippen LogP contribution in [0.2, 0.25) is 0 Å². The summed E-state index contributed by atoms with van der Waals surface area (Å²) in [6.45, 7) is 4.38. The zero-order valence-electron chi connectivity index (χ0n) is 16.1. The minimum Gasteiger partial charge on any atom is -0.469 e. The molecule has 0 radical (unpaired) electrons. The number of aryl methyl sites for hydroxylation is 1. The van der Waals surface area contributed by atoms with Crippen LogP contribution in [0.3, 0.4) is 0 Å². The number of rotatable bonds is 5. The van der Waals surface area contributed by atoms with Gasteiger partial charge in [-0.3, -0.25) is 0 Å². The Morgan fingerprint density at radius 1 is 0.929 bits per heavy atom. The lowest BCUT2D eigenvalue weighted by Crippen LogP contribution is -2.22. The molecule has 28 heavy (non-hydrogen) atoms. The minimum atomic E-state index is -0.428. The summed E-state index contributed by atoms with van der Waals surface area (Å²) in [7, 11) is 0. The van der Waals surface area contributed by atoms with Crippen LogP contribution in [0.4, 0.5) is 4.79 Å². The van der Waals surface area contributed by atoms with Gasteiger partial charge in [0.15, 0.2) is 0 Å². The molecule has 0 spiro atoms. The van der Waals surface area contributed by atoms with Gasteiger partial charge in [0, 0.05) is 12.1 Å². The van der Waals surface area contributed by atoms with E-state index in [9.17, 15) is 4.79 Å². The number of carbonyl (C=O) groups excluding carboxylic acids is 1. The number of amides is 2. The fraction of sp³-hybridized carbons (Fsp3) is 0.167. The van der Waals surface area contributed by atoms with Gasteiger partial charge in [0.05, 0.1) is 0 Å². The minimum absolute atomic E-state index is 0.232. The number of hydrogen-bond acceptors (Lipinski definition) is 2. The Bertz CT molecular complexity index is 937. The molecule has 3 aromatic carbocycles. The Morgan fingerprint density at radius 2 is 1.54 bits per heavy atom. The highest BCUT2D eigenvalue weighted by atomic mass is 16.5. The molecule has 3 aromatic rings. The summed E-state index contributed by atoms with van der Waals surface area (Å²) in [5.74, 6) is 0.305. The van der Waals surface area contributed by atoms with Crippen LogP contribution in [0.25, 0.3) is 0 Å². The molecule has 0 heterocycles. The van der Waals surface area contributed by atoms with Gasteiger partial charge in [-0.25, -0.2) is 4.79 Å². The molecule has 142 valence electrons. The second-order valence-corrected chi connectivity index (χ2v) is 6.54. The molecule has 0 saturated heterocycles. The van der Waals surface area contributed by atoms with Gasteiger partial charge < -0.3 is 10.1 Å². The number of benzene rings is 3. The van der Waals surface area contributed by atoms with Crippen molar-refractivity contribution in [3.05, 3.63) is 107 Å². The third-order valence-electron chi connectivity index (χ3n) is 4.47. The summed E-state index contributed by atoms with van der Waals surface area (Å²) < 4.78 is 6.06. The molecule has 0 aliphatic carbocycles. The van der Waals surface area contributed by atoms with E-state index in [2.05, 4.69) is 10.3 Å². The van der Waals surface area contributed by atoms with Crippen molar-refractivity contribution < 1.29 is 9.53 Å². The molecule has 0 saturated carbocycles. The molecule has 2 amide bonds. The average Bonchev–Trinajstić information content (AvgIpc) is 2.74. The van der Waals surface area contributed by atoms with E-state index in [1.54, 1.807) is 0 Å². The van der Waals surface area contributed by atoms with Gasteiger partial charge in [-0.2, -0.15) is 4.99 Å². The molecule has 1 N–H and O–H groups in total. The highest BCUT2D eigenvalue weighted by Crippen LogP contribution is 2.19. The van der Waals surface area contributed by atoms with Crippen LogP contribution < -0.4 is 5.32 Å². The second kappa shape index (κ2) is 9.51. The molecule has 4 heteroatoms. The maximum Gasteiger partial charge on any atom is 0.344 e. The van der Waals surface area contributed by atoms with Gasteiger partial charge in [0.25, 0.3) is 0 Å². The average molecular weight is 372 g/mol. The third kappa shape index (κ3) is 5.30. The van der Waals surface area contributed by atoms with Crippen molar-refractivity contribution in [1.29, 1.82) is 0 Å². The molecule has 1 unspecified atom stereocenters. The van der Waals surface area contributed by atoms with Crippen molar-refractivity contribution in [1.82, 2.24) is 5.32 Å². The van der Waals surface area contributed by atoms with Gasteiger partial charge in [-0.15, -0.1) is 0 Å². The third-order valence-corrected chi connectivity index (χ3v) is 4.47. The summed E-state index contributed by atoms with van der Waals surface area (Å²) in [5.41, 5.74) is 3.97. The van der Waals surface area contributed by atoms with E-state index in [1.165, 1.54) is 0 Å². The molecule has 0 fully saturated rings. The molecule has 0 aliphatic rings. The number of ether oxygens (including phenoxy) is 1. The summed E-state index contributed by atoms with van der Waals surface area (Å²) >= 11 is 0. The first kappa shape index (κ1) is 19.4. The van der Waals surface area contributed by atoms with Crippen LogP contribution in [-0.4, -0.2) is 11.9 Å². The SMILES string of the molecule is Cc1ccccc1CNC(=O)/N=C(\OC(C)c1ccccc1)c1ccccc1. The Hall–Kier alpha value is -3.40. The topological polar surface area (TPSA) is 50.7 Å². The second-order valence-electron chi connectivity index (χ2n) is 6.54. The highest BCUT2D eigenvalue weighted by molar-refractivity contribution is 6.01. The lowest BCUT2D eigenvalue weighted by Gasteiger charge is -2.17. The van der Waals surface area contributed by atoms with Gasteiger partial charge in [-0.1, -0.05) is 72.8 Å². The smallest absolute Gasteiger partial charge is 0.344 e. The molecule has 0 aliphatic heterocycles. The molecular formula is C24H24N2O2. The largest absolute Gasteiger partial charge is 0.469 e. The normalized spacial score (nSPS) is 12.3. The van der Waals surface area contributed by atoms with Crippen LogP contribution in [0, 0.1) is 6.92 Å². The van der Waals surface area contributed by atoms with E-state index < -0.39 is 6.03 Å². The van der Waals surface area contributed by atoms with Crippen LogP contribution in [-0.2, 0) is 11.3 Å². The maximum absolute atomic E-state index is 12.5. The Balaban J connectivity index is 1.76. The standard InChI is InChI=1S/C24H24N2O2/c1-18-11-9-10-16-22(18)17-25-24(27)26-23(21-14-7-4-8-15-21)28-19(2)20-12-5-3-6-13-20/h3-16,19H,17H2,1-2H3,(H,25,27)/b26-23-. The molecular weight excluding hydrogens is 348 g/mol. The summed E-state index contributed by atoms with van der Waals surface area (Å²) in [6.07, 6.45) is -0.232. The number of nitrogens with zero attached hydrogens (tertiary/aromatic N) is 1. The predicted octanol–water partition coefficient (Wildman–Crippen LogP) is 5.43. The lowest BCUT2D eigenvalue weighted by atomic mass is 10.1. The fourth-order valence-electron chi connectivity index (χ4n) is 2.81. The molecule has 4 nitrogen and oxygen atoms in total. The maximum atomic E-state index is 12.5. The Morgan fingerprint density at radius 3 is 2.21 bits per heavy atom. The molecule has 0 aromatic heterocycles. The zero-order valence-corrected chi connectivity index (χ0v) is 16.1. The first-order chi connectivity index (χ1) is 13.6. The van der Waals surface area contributed by atoms with E-state index in [0.29, 0.717) is 12.4 Å². The Kier molecular flexibility index (Phi) is 6.58. The first-order valence-corrected chi connectivity index (χ1v) is 9.31. The fourth-order valence-corrected chi connectivity index (χ4v) is 2.81. The van der Waals surface area contributed by atoms with Gasteiger partial charge in [-0.05, 0) is 42.7 Å². The van der Waals surface area contributed by atoms with Gasteiger partial charge in [0.2, 0.25) is 5.90 Å². The summed E-state index contributed by atoms with van der Waals surface area (Å²) in [6, 6.07) is 26.8. The van der Waals surface area contributed by atoms with E-state index in [4.69, 9.17) is 4.74 Å². The van der Waals surface area contributed by atoms with Crippen molar-refractivity contribution in [3.63, 3.8) is 0 Å². The summed E-state index contributed by atoms with van der Waals surface area (Å²) in [4.78, 5) is 16.7. The first-order valence-electron chi connectivity index (χ1n) is 9.31. The van der Waals surface area contributed by atoms with Crippen LogP contribution in [0.1, 0.15) is 35.3 Å². The molecule has 1 atom stereocenters. The number of urea groups is 1. The van der Waals surface area contributed by atoms with Crippen molar-refractivity contribution in [2.45, 2.75) is 26.5 Å². The van der Waals surface area contributed by atoms with Crippen LogP contribution in [0.5, 0.6) is 0 Å². The van der Waals surface area contributed by atoms with Gasteiger partial charge in [0.1, 0.15) is 6.10 Å². The van der Waals surface area contributed by atoms with E-state index >= 15 is 0 Å². The van der Waals surface area contributed by atoms with E-state index in [1.807, 2.05) is 98.8 Å². The highest BCUT2D eigenvalue weighted by Gasteiger charge is 2.14. The Labute approximate surface area is 165 Å².